The van der Waals surface area contributed by atoms with Crippen molar-refractivity contribution in [1.29, 1.82) is 0 Å². The van der Waals surface area contributed by atoms with Gasteiger partial charge in [-0.25, -0.2) is 0 Å². The lowest BCUT2D eigenvalue weighted by atomic mass is 9.89. The van der Waals surface area contributed by atoms with Gasteiger partial charge in [0, 0.05) is 25.7 Å². The molecule has 17 heavy (non-hydrogen) atoms. The van der Waals surface area contributed by atoms with E-state index in [1.807, 2.05) is 0 Å². The molecule has 0 aliphatic heterocycles. The molecule has 2 nitrogen and oxygen atoms in total. The van der Waals surface area contributed by atoms with Crippen LogP contribution in [0.15, 0.2) is 0 Å². The van der Waals surface area contributed by atoms with Crippen molar-refractivity contribution < 1.29 is 0 Å². The lowest BCUT2D eigenvalue weighted by Gasteiger charge is -2.27. The van der Waals surface area contributed by atoms with Gasteiger partial charge in [0.05, 0.1) is 0 Å². The Morgan fingerprint density at radius 1 is 0.941 bits per heavy atom. The van der Waals surface area contributed by atoms with Gasteiger partial charge in [0.2, 0.25) is 0 Å². The van der Waals surface area contributed by atoms with Crippen LogP contribution in [0.25, 0.3) is 0 Å². The Balaban J connectivity index is 1.52. The molecule has 0 aromatic rings. The summed E-state index contributed by atoms with van der Waals surface area (Å²) >= 11 is 0. The molecule has 0 aromatic carbocycles. The van der Waals surface area contributed by atoms with E-state index >= 15 is 0 Å². The van der Waals surface area contributed by atoms with Crippen LogP contribution in [0.1, 0.15) is 57.8 Å². The molecule has 2 fully saturated rings. The van der Waals surface area contributed by atoms with Gasteiger partial charge >= 0.3 is 0 Å². The monoisotopic (exact) mass is 238 g/mol. The number of hydrogen-bond donors (Lipinski definition) is 1. The summed E-state index contributed by atoms with van der Waals surface area (Å²) in [5, 5.41) is 3.71. The third-order valence-corrected chi connectivity index (χ3v) is 4.58. The average Bonchev–Trinajstić information content (AvgIpc) is 2.83. The number of hydrogen-bond acceptors (Lipinski definition) is 2. The molecular formula is C15H30N2. The number of nitrogens with one attached hydrogen (secondary N) is 1. The minimum absolute atomic E-state index is 0.832. The molecule has 1 N–H and O–H groups in total. The second-order valence-electron chi connectivity index (χ2n) is 6.20. The predicted molar refractivity (Wildman–Crippen MR) is 74.3 cm³/mol. The Morgan fingerprint density at radius 3 is 2.29 bits per heavy atom. The van der Waals surface area contributed by atoms with E-state index in [9.17, 15) is 0 Å². The summed E-state index contributed by atoms with van der Waals surface area (Å²) in [6, 6.07) is 0.832. The van der Waals surface area contributed by atoms with Gasteiger partial charge in [0.1, 0.15) is 0 Å². The molecular weight excluding hydrogens is 208 g/mol. The van der Waals surface area contributed by atoms with E-state index in [1.54, 1.807) is 0 Å². The molecule has 0 atom stereocenters. The van der Waals surface area contributed by atoms with Crippen LogP contribution in [-0.4, -0.2) is 37.6 Å². The smallest absolute Gasteiger partial charge is 0.0104 e. The van der Waals surface area contributed by atoms with Crippen molar-refractivity contribution in [2.24, 2.45) is 5.92 Å². The number of nitrogens with zero attached hydrogens (tertiary/aromatic N) is 1. The number of rotatable bonds is 6. The van der Waals surface area contributed by atoms with Crippen molar-refractivity contribution in [3.05, 3.63) is 0 Å². The van der Waals surface area contributed by atoms with E-state index in [1.165, 1.54) is 77.4 Å². The summed E-state index contributed by atoms with van der Waals surface area (Å²) < 4.78 is 0. The Hall–Kier alpha value is -0.0800. The molecule has 0 unspecified atom stereocenters. The maximum absolute atomic E-state index is 3.71. The van der Waals surface area contributed by atoms with E-state index < -0.39 is 0 Å². The minimum Gasteiger partial charge on any atom is -0.313 e. The summed E-state index contributed by atoms with van der Waals surface area (Å²) in [6.45, 7) is 3.74. The Labute approximate surface area is 107 Å². The van der Waals surface area contributed by atoms with Crippen molar-refractivity contribution in [2.45, 2.75) is 63.8 Å². The zero-order valence-electron chi connectivity index (χ0n) is 11.6. The first-order valence-electron chi connectivity index (χ1n) is 7.76. The highest BCUT2D eigenvalue weighted by atomic mass is 15.1. The normalized spacial score (nSPS) is 23.6. The van der Waals surface area contributed by atoms with E-state index in [2.05, 4.69) is 17.3 Å². The largest absolute Gasteiger partial charge is 0.313 e. The first-order chi connectivity index (χ1) is 8.34. The molecule has 0 bridgehead atoms. The van der Waals surface area contributed by atoms with Gasteiger partial charge in [-0.3, -0.25) is 0 Å². The van der Waals surface area contributed by atoms with Gasteiger partial charge in [-0.2, -0.15) is 0 Å². The summed E-state index contributed by atoms with van der Waals surface area (Å²) in [4.78, 5) is 2.54. The molecule has 2 heteroatoms. The standard InChI is InChI=1S/C15H30N2/c1-17(13-14-7-3-2-4-8-14)12-11-16-15-9-5-6-10-15/h14-16H,2-13H2,1H3. The third-order valence-electron chi connectivity index (χ3n) is 4.58. The Bertz CT molecular complexity index is 193. The van der Waals surface area contributed by atoms with Gasteiger partial charge < -0.3 is 10.2 Å². The molecule has 0 amide bonds. The average molecular weight is 238 g/mol. The fourth-order valence-electron chi connectivity index (χ4n) is 3.49. The summed E-state index contributed by atoms with van der Waals surface area (Å²) in [5.74, 6) is 0.986. The second kappa shape index (κ2) is 7.38. The summed E-state index contributed by atoms with van der Waals surface area (Å²) in [5.41, 5.74) is 0. The molecule has 0 saturated heterocycles. The van der Waals surface area contributed by atoms with Gasteiger partial charge in [-0.05, 0) is 38.6 Å². The molecule has 2 aliphatic carbocycles. The maximum atomic E-state index is 3.71. The first kappa shape index (κ1) is 13.4. The zero-order valence-corrected chi connectivity index (χ0v) is 11.6. The van der Waals surface area contributed by atoms with Crippen LogP contribution in [0, 0.1) is 5.92 Å². The van der Waals surface area contributed by atoms with Crippen molar-refractivity contribution in [3.8, 4) is 0 Å². The topological polar surface area (TPSA) is 15.3 Å². The summed E-state index contributed by atoms with van der Waals surface area (Å²) in [7, 11) is 2.30. The highest BCUT2D eigenvalue weighted by Crippen LogP contribution is 2.24. The molecule has 2 saturated carbocycles. The van der Waals surface area contributed by atoms with Crippen LogP contribution >= 0.6 is 0 Å². The predicted octanol–water partition coefficient (Wildman–Crippen LogP) is 3.03. The lowest BCUT2D eigenvalue weighted by molar-refractivity contribution is 0.231. The van der Waals surface area contributed by atoms with Crippen molar-refractivity contribution in [3.63, 3.8) is 0 Å². The molecule has 0 spiro atoms. The van der Waals surface area contributed by atoms with Gasteiger partial charge in [-0.1, -0.05) is 32.1 Å². The fourth-order valence-corrected chi connectivity index (χ4v) is 3.49. The summed E-state index contributed by atoms with van der Waals surface area (Å²) in [6.07, 6.45) is 13.1. The van der Waals surface area contributed by atoms with Crippen LogP contribution in [0.5, 0.6) is 0 Å². The Morgan fingerprint density at radius 2 is 1.59 bits per heavy atom. The molecule has 100 valence electrons. The van der Waals surface area contributed by atoms with Crippen LogP contribution in [0.2, 0.25) is 0 Å². The SMILES string of the molecule is CN(CCNC1CCCC1)CC1CCCCC1. The van der Waals surface area contributed by atoms with Crippen LogP contribution in [0.3, 0.4) is 0 Å². The molecule has 0 radical (unpaired) electrons. The maximum Gasteiger partial charge on any atom is 0.0104 e. The van der Waals surface area contributed by atoms with E-state index in [4.69, 9.17) is 0 Å². The highest BCUT2D eigenvalue weighted by molar-refractivity contribution is 4.74. The molecule has 0 heterocycles. The third kappa shape index (κ3) is 4.97. The fraction of sp³-hybridized carbons (Fsp3) is 1.00. The Kier molecular flexibility index (Phi) is 5.79. The van der Waals surface area contributed by atoms with Crippen molar-refractivity contribution >= 4 is 0 Å². The molecule has 2 aliphatic rings. The van der Waals surface area contributed by atoms with Gasteiger partial charge in [-0.15, -0.1) is 0 Å². The van der Waals surface area contributed by atoms with Gasteiger partial charge in [0.25, 0.3) is 0 Å². The second-order valence-corrected chi connectivity index (χ2v) is 6.20. The van der Waals surface area contributed by atoms with E-state index in [0.29, 0.717) is 0 Å². The lowest BCUT2D eigenvalue weighted by Crippen LogP contribution is -2.36. The quantitative estimate of drug-likeness (QED) is 0.765. The van der Waals surface area contributed by atoms with Crippen LogP contribution < -0.4 is 5.32 Å². The van der Waals surface area contributed by atoms with Crippen molar-refractivity contribution in [1.82, 2.24) is 10.2 Å². The molecule has 0 aromatic heterocycles. The molecule has 2 rings (SSSR count). The van der Waals surface area contributed by atoms with Gasteiger partial charge in [0.15, 0.2) is 0 Å². The van der Waals surface area contributed by atoms with Crippen molar-refractivity contribution in [2.75, 3.05) is 26.7 Å². The van der Waals surface area contributed by atoms with E-state index in [-0.39, 0.29) is 0 Å². The first-order valence-corrected chi connectivity index (χ1v) is 7.76. The highest BCUT2D eigenvalue weighted by Gasteiger charge is 2.16. The van der Waals surface area contributed by atoms with Crippen LogP contribution in [0.4, 0.5) is 0 Å². The van der Waals surface area contributed by atoms with E-state index in [0.717, 1.165) is 12.0 Å². The number of likely N-dealkylation sites (N-methyl/N-ethyl adjacent to an activating group) is 1. The minimum atomic E-state index is 0.832. The zero-order chi connectivity index (χ0) is 11.9. The van der Waals surface area contributed by atoms with Crippen LogP contribution in [-0.2, 0) is 0 Å².